The minimum atomic E-state index is -0.556. The third-order valence-electron chi connectivity index (χ3n) is 3.50. The van der Waals surface area contributed by atoms with E-state index < -0.39 is 4.92 Å². The van der Waals surface area contributed by atoms with Gasteiger partial charge in [-0.1, -0.05) is 72.8 Å². The molecule has 1 heterocycles. The lowest BCUT2D eigenvalue weighted by molar-refractivity contribution is -0.389. The van der Waals surface area contributed by atoms with Gasteiger partial charge in [0.2, 0.25) is 5.52 Å². The van der Waals surface area contributed by atoms with Gasteiger partial charge in [0.15, 0.2) is 0 Å². The Hall–Kier alpha value is -3.60. The van der Waals surface area contributed by atoms with Crippen molar-refractivity contribution in [3.05, 3.63) is 101 Å². The molecular weight excluding hydrogens is 314 g/mol. The first-order valence-corrected chi connectivity index (χ1v) is 7.71. The van der Waals surface area contributed by atoms with Crippen LogP contribution in [0, 0.1) is 10.1 Å². The Bertz CT molecular complexity index is 936. The van der Waals surface area contributed by atoms with E-state index in [1.54, 1.807) is 18.2 Å². The fraction of sp³-hybridized carbons (Fsp3) is 0. The highest BCUT2D eigenvalue weighted by Crippen LogP contribution is 2.17. The predicted molar refractivity (Wildman–Crippen MR) is 98.1 cm³/mol. The van der Waals surface area contributed by atoms with Crippen molar-refractivity contribution in [1.29, 1.82) is 0 Å². The van der Waals surface area contributed by atoms with Gasteiger partial charge in [0.1, 0.15) is 11.7 Å². The Labute approximate surface area is 144 Å². The van der Waals surface area contributed by atoms with Gasteiger partial charge < -0.3 is 10.1 Å². The van der Waals surface area contributed by atoms with Crippen LogP contribution in [0.1, 0.15) is 0 Å². The molecule has 0 aliphatic rings. The van der Waals surface area contributed by atoms with Gasteiger partial charge in [-0.25, -0.2) is 4.98 Å². The lowest BCUT2D eigenvalue weighted by Gasteiger charge is -1.98. The van der Waals surface area contributed by atoms with Crippen LogP contribution in [0.25, 0.3) is 22.2 Å². The minimum absolute atomic E-state index is 0.223. The summed E-state index contributed by atoms with van der Waals surface area (Å²) in [6, 6.07) is 27.8. The number of fused-ring (bicyclic) bond motifs is 1. The number of rotatable bonds is 2. The Kier molecular flexibility index (Phi) is 5.07. The van der Waals surface area contributed by atoms with Crippen molar-refractivity contribution < 1.29 is 4.92 Å². The predicted octanol–water partition coefficient (Wildman–Crippen LogP) is 4.89. The van der Waals surface area contributed by atoms with Crippen LogP contribution >= 0.6 is 0 Å². The average molecular weight is 329 g/mol. The minimum Gasteiger partial charge on any atom is -0.358 e. The van der Waals surface area contributed by atoms with E-state index in [4.69, 9.17) is 0 Å². The van der Waals surface area contributed by atoms with Crippen LogP contribution in [0.3, 0.4) is 0 Å². The molecule has 5 heteroatoms. The summed E-state index contributed by atoms with van der Waals surface area (Å²) >= 11 is 0. The number of nitrogens with zero attached hydrogens (tertiary/aromatic N) is 3. The smallest absolute Gasteiger partial charge is 0.358 e. The van der Waals surface area contributed by atoms with Crippen LogP contribution in [-0.4, -0.2) is 14.9 Å². The quantitative estimate of drug-likeness (QED) is 0.388. The summed E-state index contributed by atoms with van der Waals surface area (Å²) in [6.07, 6.45) is 1.16. The lowest BCUT2D eigenvalue weighted by atomic mass is 10.1. The van der Waals surface area contributed by atoms with E-state index in [1.807, 2.05) is 18.2 Å². The standard InChI is InChI=1S/C12H10.C8H5N3O2/c1-3-7-11(8-4-1)12-9-5-2-6-10-12;12-11(13)8-5-9-6-3-1-2-4-7(6)10-8/h1-10H;1-5H. The van der Waals surface area contributed by atoms with Crippen LogP contribution in [-0.2, 0) is 0 Å². The van der Waals surface area contributed by atoms with Crippen LogP contribution in [0.5, 0.6) is 0 Å². The molecule has 122 valence electrons. The molecule has 4 aromatic rings. The molecule has 0 saturated carbocycles. The molecular formula is C20H15N3O2. The molecule has 5 nitrogen and oxygen atoms in total. The summed E-state index contributed by atoms with van der Waals surface area (Å²) in [5.74, 6) is -0.223. The third-order valence-corrected chi connectivity index (χ3v) is 3.50. The zero-order valence-corrected chi connectivity index (χ0v) is 13.3. The zero-order chi connectivity index (χ0) is 17.5. The van der Waals surface area contributed by atoms with Crippen molar-refractivity contribution in [2.24, 2.45) is 0 Å². The van der Waals surface area contributed by atoms with Crippen LogP contribution in [0.15, 0.2) is 91.1 Å². The lowest BCUT2D eigenvalue weighted by Crippen LogP contribution is -1.93. The summed E-state index contributed by atoms with van der Waals surface area (Å²) in [5.41, 5.74) is 3.75. The number of hydrogen-bond donors (Lipinski definition) is 0. The number of aromatic nitrogens is 2. The average Bonchev–Trinajstić information content (AvgIpc) is 2.69. The third kappa shape index (κ3) is 4.23. The topological polar surface area (TPSA) is 68.9 Å². The molecule has 0 bridgehead atoms. The second-order valence-electron chi connectivity index (χ2n) is 5.21. The molecule has 1 aromatic heterocycles. The van der Waals surface area contributed by atoms with Gasteiger partial charge in [0.25, 0.3) is 0 Å². The molecule has 3 aromatic carbocycles. The van der Waals surface area contributed by atoms with Crippen molar-refractivity contribution in [3.8, 4) is 11.1 Å². The SMILES string of the molecule is O=[N+]([O-])c1cnc2ccccc2n1.c1ccc(-c2ccccc2)cc1. The normalized spacial score (nSPS) is 9.92. The van der Waals surface area contributed by atoms with Gasteiger partial charge in [0.05, 0.1) is 0 Å². The van der Waals surface area contributed by atoms with E-state index in [9.17, 15) is 10.1 Å². The summed E-state index contributed by atoms with van der Waals surface area (Å²) in [5, 5.41) is 10.3. The molecule has 0 N–H and O–H groups in total. The van der Waals surface area contributed by atoms with E-state index in [2.05, 4.69) is 58.5 Å². The number of benzene rings is 3. The molecule has 0 aliphatic carbocycles. The highest BCUT2D eigenvalue weighted by molar-refractivity contribution is 5.74. The molecule has 0 unspecified atom stereocenters. The van der Waals surface area contributed by atoms with Crippen molar-refractivity contribution in [2.45, 2.75) is 0 Å². The van der Waals surface area contributed by atoms with E-state index in [0.717, 1.165) is 6.20 Å². The fourth-order valence-electron chi connectivity index (χ4n) is 2.30. The maximum Gasteiger partial charge on any atom is 0.382 e. The molecule has 4 rings (SSSR count). The van der Waals surface area contributed by atoms with Gasteiger partial charge in [0, 0.05) is 0 Å². The molecule has 0 atom stereocenters. The summed E-state index contributed by atoms with van der Waals surface area (Å²) in [6.45, 7) is 0. The Morgan fingerprint density at radius 2 is 1.16 bits per heavy atom. The van der Waals surface area contributed by atoms with Crippen molar-refractivity contribution >= 4 is 16.9 Å². The monoisotopic (exact) mass is 329 g/mol. The van der Waals surface area contributed by atoms with Gasteiger partial charge >= 0.3 is 5.82 Å². The summed E-state index contributed by atoms with van der Waals surface area (Å²) in [4.78, 5) is 17.5. The van der Waals surface area contributed by atoms with Crippen molar-refractivity contribution in [3.63, 3.8) is 0 Å². The van der Waals surface area contributed by atoms with E-state index in [-0.39, 0.29) is 5.82 Å². The first-order chi connectivity index (χ1) is 12.2. The zero-order valence-electron chi connectivity index (χ0n) is 13.3. The van der Waals surface area contributed by atoms with Crippen LogP contribution in [0.4, 0.5) is 5.82 Å². The first-order valence-electron chi connectivity index (χ1n) is 7.71. The van der Waals surface area contributed by atoms with Crippen LogP contribution in [0.2, 0.25) is 0 Å². The molecule has 0 radical (unpaired) electrons. The molecule has 0 aliphatic heterocycles. The molecule has 0 saturated heterocycles. The second-order valence-corrected chi connectivity index (χ2v) is 5.21. The highest BCUT2D eigenvalue weighted by Gasteiger charge is 2.08. The van der Waals surface area contributed by atoms with E-state index >= 15 is 0 Å². The molecule has 25 heavy (non-hydrogen) atoms. The molecule has 0 amide bonds. The van der Waals surface area contributed by atoms with Crippen molar-refractivity contribution in [2.75, 3.05) is 0 Å². The summed E-state index contributed by atoms with van der Waals surface area (Å²) < 4.78 is 0. The van der Waals surface area contributed by atoms with Gasteiger partial charge in [-0.2, -0.15) is 0 Å². The van der Waals surface area contributed by atoms with Gasteiger partial charge in [-0.15, -0.1) is 0 Å². The Morgan fingerprint density at radius 1 is 0.680 bits per heavy atom. The number of nitro groups is 1. The largest absolute Gasteiger partial charge is 0.382 e. The Morgan fingerprint density at radius 3 is 1.68 bits per heavy atom. The van der Waals surface area contributed by atoms with Gasteiger partial charge in [-0.05, 0) is 33.2 Å². The highest BCUT2D eigenvalue weighted by atomic mass is 16.6. The maximum atomic E-state index is 10.3. The second kappa shape index (κ2) is 7.79. The van der Waals surface area contributed by atoms with E-state index in [0.29, 0.717) is 11.0 Å². The number of hydrogen-bond acceptors (Lipinski definition) is 4. The Balaban J connectivity index is 0.000000146. The number of para-hydroxylation sites is 2. The van der Waals surface area contributed by atoms with Crippen LogP contribution < -0.4 is 0 Å². The summed E-state index contributed by atoms with van der Waals surface area (Å²) in [7, 11) is 0. The fourth-order valence-corrected chi connectivity index (χ4v) is 2.30. The van der Waals surface area contributed by atoms with E-state index in [1.165, 1.54) is 11.1 Å². The van der Waals surface area contributed by atoms with Gasteiger partial charge in [-0.3, -0.25) is 0 Å². The maximum absolute atomic E-state index is 10.3. The van der Waals surface area contributed by atoms with Crippen molar-refractivity contribution in [1.82, 2.24) is 9.97 Å². The molecule has 0 spiro atoms. The molecule has 0 fully saturated rings. The first kappa shape index (κ1) is 16.3.